The topological polar surface area (TPSA) is 46.5 Å². The molecule has 0 aromatic carbocycles. The summed E-state index contributed by atoms with van der Waals surface area (Å²) in [5.41, 5.74) is 1.68. The van der Waals surface area contributed by atoms with Gasteiger partial charge in [-0.15, -0.1) is 0 Å². The van der Waals surface area contributed by atoms with Gasteiger partial charge in [-0.1, -0.05) is 12.2 Å². The summed E-state index contributed by atoms with van der Waals surface area (Å²) in [7, 11) is 0. The minimum absolute atomic E-state index is 0.00558. The zero-order valence-electron chi connectivity index (χ0n) is 8.40. The molecule has 0 aliphatic rings. The molecule has 5 heteroatoms. The molecule has 1 N–H and O–H groups in total. The van der Waals surface area contributed by atoms with Crippen molar-refractivity contribution in [3.8, 4) is 0 Å². The second-order valence-electron chi connectivity index (χ2n) is 4.19. The van der Waals surface area contributed by atoms with Crippen molar-refractivity contribution in [2.75, 3.05) is 0 Å². The fraction of sp³-hybridized carbons (Fsp3) is 0.444. The Morgan fingerprint density at radius 2 is 2.07 bits per heavy atom. The van der Waals surface area contributed by atoms with Gasteiger partial charge in [-0.05, 0) is 20.8 Å². The number of rotatable bonds is 0. The first-order chi connectivity index (χ1) is 6.50. The second-order valence-corrected chi connectivity index (χ2v) is 4.58. The van der Waals surface area contributed by atoms with Crippen molar-refractivity contribution in [2.24, 2.45) is 0 Å². The van der Waals surface area contributed by atoms with Crippen molar-refractivity contribution < 1.29 is 0 Å². The van der Waals surface area contributed by atoms with Crippen molar-refractivity contribution >= 4 is 23.4 Å². The van der Waals surface area contributed by atoms with Gasteiger partial charge in [-0.3, -0.25) is 0 Å². The van der Waals surface area contributed by atoms with Crippen LogP contribution in [-0.4, -0.2) is 19.5 Å². The van der Waals surface area contributed by atoms with Gasteiger partial charge in [0.05, 0.1) is 12.7 Å². The van der Waals surface area contributed by atoms with E-state index in [0.29, 0.717) is 4.64 Å². The minimum Gasteiger partial charge on any atom is -0.330 e. The smallest absolute Gasteiger partial charge is 0.157 e. The molecule has 2 heterocycles. The van der Waals surface area contributed by atoms with E-state index >= 15 is 0 Å². The van der Waals surface area contributed by atoms with Crippen LogP contribution in [0.2, 0.25) is 0 Å². The van der Waals surface area contributed by atoms with Crippen molar-refractivity contribution in [1.82, 2.24) is 19.5 Å². The van der Waals surface area contributed by atoms with Gasteiger partial charge in [-0.2, -0.15) is 0 Å². The summed E-state index contributed by atoms with van der Waals surface area (Å²) in [6, 6.07) is 0. The van der Waals surface area contributed by atoms with E-state index in [1.165, 1.54) is 0 Å². The van der Waals surface area contributed by atoms with Crippen LogP contribution in [0.5, 0.6) is 0 Å². The largest absolute Gasteiger partial charge is 0.330 e. The molecule has 0 saturated heterocycles. The zero-order valence-corrected chi connectivity index (χ0v) is 9.22. The number of imidazole rings is 1. The van der Waals surface area contributed by atoms with E-state index in [4.69, 9.17) is 12.2 Å². The quantitative estimate of drug-likeness (QED) is 0.675. The van der Waals surface area contributed by atoms with E-state index in [2.05, 4.69) is 40.3 Å². The molecule has 0 unspecified atom stereocenters. The van der Waals surface area contributed by atoms with Gasteiger partial charge < -0.3 is 9.55 Å². The fourth-order valence-electron chi connectivity index (χ4n) is 1.36. The molecule has 4 nitrogen and oxygen atoms in total. The summed E-state index contributed by atoms with van der Waals surface area (Å²) < 4.78 is 2.60. The van der Waals surface area contributed by atoms with Gasteiger partial charge in [0.15, 0.2) is 4.64 Å². The maximum atomic E-state index is 5.08. The SMILES string of the molecule is CC(C)(C)n1cnc2c(=S)nc[nH]c21. The number of aromatic amines is 1. The molecule has 0 bridgehead atoms. The number of hydrogen-bond acceptors (Lipinski definition) is 3. The Bertz CT molecular complexity index is 517. The molecule has 0 saturated carbocycles. The third-order valence-electron chi connectivity index (χ3n) is 2.08. The normalized spacial score (nSPS) is 12.2. The van der Waals surface area contributed by atoms with Crippen LogP contribution in [0.15, 0.2) is 12.7 Å². The van der Waals surface area contributed by atoms with Crippen molar-refractivity contribution in [2.45, 2.75) is 26.3 Å². The van der Waals surface area contributed by atoms with Gasteiger partial charge >= 0.3 is 0 Å². The Hall–Kier alpha value is -1.23. The van der Waals surface area contributed by atoms with Crippen molar-refractivity contribution in [1.29, 1.82) is 0 Å². The lowest BCUT2D eigenvalue weighted by Gasteiger charge is -2.20. The highest BCUT2D eigenvalue weighted by Gasteiger charge is 2.16. The average Bonchev–Trinajstić information content (AvgIpc) is 2.47. The molecule has 2 rings (SSSR count). The maximum Gasteiger partial charge on any atom is 0.157 e. The minimum atomic E-state index is -0.00558. The van der Waals surface area contributed by atoms with Crippen LogP contribution in [0.25, 0.3) is 11.2 Å². The Labute approximate surface area is 87.0 Å². The van der Waals surface area contributed by atoms with E-state index in [1.54, 1.807) is 12.7 Å². The highest BCUT2D eigenvalue weighted by atomic mass is 32.1. The molecular formula is C9H12N4S. The first-order valence-corrected chi connectivity index (χ1v) is 4.82. The summed E-state index contributed by atoms with van der Waals surface area (Å²) in [6.45, 7) is 6.35. The van der Waals surface area contributed by atoms with Gasteiger partial charge in [0, 0.05) is 5.54 Å². The molecule has 0 spiro atoms. The van der Waals surface area contributed by atoms with Gasteiger partial charge in [-0.25, -0.2) is 9.97 Å². The van der Waals surface area contributed by atoms with Crippen LogP contribution in [-0.2, 0) is 5.54 Å². The molecule has 14 heavy (non-hydrogen) atoms. The third-order valence-corrected chi connectivity index (χ3v) is 2.37. The standard InChI is InChI=1S/C9H12N4S/c1-9(2,3)13-5-12-6-7(13)10-4-11-8(6)14/h4-5H,1-3H3,(H,10,11,14). The first-order valence-electron chi connectivity index (χ1n) is 4.41. The van der Waals surface area contributed by atoms with Crippen molar-refractivity contribution in [3.63, 3.8) is 0 Å². The van der Waals surface area contributed by atoms with Crippen LogP contribution in [0, 0.1) is 4.64 Å². The van der Waals surface area contributed by atoms with E-state index in [9.17, 15) is 0 Å². The molecule has 0 fully saturated rings. The van der Waals surface area contributed by atoms with Gasteiger partial charge in [0.25, 0.3) is 0 Å². The van der Waals surface area contributed by atoms with Crippen LogP contribution in [0.4, 0.5) is 0 Å². The average molecular weight is 208 g/mol. The number of aromatic nitrogens is 4. The van der Waals surface area contributed by atoms with Gasteiger partial charge in [0.2, 0.25) is 0 Å². The van der Waals surface area contributed by atoms with Crippen LogP contribution in [0.1, 0.15) is 20.8 Å². The molecular weight excluding hydrogens is 196 g/mol. The van der Waals surface area contributed by atoms with Crippen LogP contribution in [0.3, 0.4) is 0 Å². The molecule has 0 aliphatic carbocycles. The number of nitrogens with zero attached hydrogens (tertiary/aromatic N) is 3. The van der Waals surface area contributed by atoms with Gasteiger partial charge in [0.1, 0.15) is 11.2 Å². The summed E-state index contributed by atoms with van der Waals surface area (Å²) in [5.74, 6) is 0. The lowest BCUT2D eigenvalue weighted by atomic mass is 10.1. The number of hydrogen-bond donors (Lipinski definition) is 1. The Balaban J connectivity index is 2.83. The lowest BCUT2D eigenvalue weighted by Crippen LogP contribution is -2.20. The summed E-state index contributed by atoms with van der Waals surface area (Å²) in [4.78, 5) is 11.3. The summed E-state index contributed by atoms with van der Waals surface area (Å²) in [6.07, 6.45) is 3.40. The van der Waals surface area contributed by atoms with E-state index in [0.717, 1.165) is 11.2 Å². The molecule has 0 radical (unpaired) electrons. The van der Waals surface area contributed by atoms with E-state index in [-0.39, 0.29) is 5.54 Å². The maximum absolute atomic E-state index is 5.08. The predicted octanol–water partition coefficient (Wildman–Crippen LogP) is 2.24. The fourth-order valence-corrected chi connectivity index (χ4v) is 1.57. The zero-order chi connectivity index (χ0) is 10.3. The molecule has 2 aromatic rings. The van der Waals surface area contributed by atoms with Crippen LogP contribution < -0.4 is 0 Å². The second kappa shape index (κ2) is 2.88. The Morgan fingerprint density at radius 3 is 2.71 bits per heavy atom. The number of H-pyrrole nitrogens is 1. The predicted molar refractivity (Wildman–Crippen MR) is 57.7 cm³/mol. The monoisotopic (exact) mass is 208 g/mol. The van der Waals surface area contributed by atoms with Crippen LogP contribution >= 0.6 is 12.2 Å². The third kappa shape index (κ3) is 1.33. The number of nitrogens with one attached hydrogen (secondary N) is 1. The summed E-state index contributed by atoms with van der Waals surface area (Å²) in [5, 5.41) is 0. The Kier molecular flexibility index (Phi) is 1.92. The highest BCUT2D eigenvalue weighted by Crippen LogP contribution is 2.19. The summed E-state index contributed by atoms with van der Waals surface area (Å²) >= 11 is 5.08. The molecule has 74 valence electrons. The molecule has 2 aromatic heterocycles. The highest BCUT2D eigenvalue weighted by molar-refractivity contribution is 7.71. The van der Waals surface area contributed by atoms with Crippen molar-refractivity contribution in [3.05, 3.63) is 17.3 Å². The first kappa shape index (κ1) is 9.33. The lowest BCUT2D eigenvalue weighted by molar-refractivity contribution is 0.406. The molecule has 0 aliphatic heterocycles. The number of fused-ring (bicyclic) bond motifs is 1. The Morgan fingerprint density at radius 1 is 1.36 bits per heavy atom. The molecule has 0 atom stereocenters. The molecule has 0 amide bonds. The van der Waals surface area contributed by atoms with E-state index in [1.807, 2.05) is 0 Å². The van der Waals surface area contributed by atoms with E-state index < -0.39 is 0 Å².